The first-order valence-electron chi connectivity index (χ1n) is 7.58. The Labute approximate surface area is 125 Å². The van der Waals surface area contributed by atoms with Crippen molar-refractivity contribution in [3.63, 3.8) is 0 Å². The van der Waals surface area contributed by atoms with Crippen molar-refractivity contribution < 1.29 is 14.3 Å². The van der Waals surface area contributed by atoms with Crippen LogP contribution in [-0.2, 0) is 16.1 Å². The van der Waals surface area contributed by atoms with Crippen molar-refractivity contribution in [3.8, 4) is 5.75 Å². The molecule has 1 aliphatic heterocycles. The van der Waals surface area contributed by atoms with Crippen molar-refractivity contribution in [2.45, 2.75) is 38.3 Å². The van der Waals surface area contributed by atoms with E-state index >= 15 is 0 Å². The zero-order chi connectivity index (χ0) is 14.9. The molecule has 1 amide bonds. The Hall–Kier alpha value is -1.59. The zero-order valence-electron chi connectivity index (χ0n) is 12.3. The van der Waals surface area contributed by atoms with Crippen LogP contribution in [0.1, 0.15) is 31.2 Å². The number of ether oxygens (including phenoxy) is 2. The molecule has 21 heavy (non-hydrogen) atoms. The molecule has 1 heterocycles. The molecule has 1 unspecified atom stereocenters. The van der Waals surface area contributed by atoms with E-state index in [1.807, 2.05) is 24.3 Å². The summed E-state index contributed by atoms with van der Waals surface area (Å²) in [4.78, 5) is 11.7. The van der Waals surface area contributed by atoms with Crippen molar-refractivity contribution in [2.75, 3.05) is 19.8 Å². The lowest BCUT2D eigenvalue weighted by molar-refractivity contribution is -0.123. The number of para-hydroxylation sites is 1. The van der Waals surface area contributed by atoms with Crippen molar-refractivity contribution in [1.29, 1.82) is 0 Å². The Balaban J connectivity index is 1.65. The van der Waals surface area contributed by atoms with Gasteiger partial charge < -0.3 is 20.5 Å². The Morgan fingerprint density at radius 2 is 2.24 bits per heavy atom. The lowest BCUT2D eigenvalue weighted by atomic mass is 10.1. The van der Waals surface area contributed by atoms with Gasteiger partial charge in [-0.05, 0) is 31.7 Å². The van der Waals surface area contributed by atoms with Crippen molar-refractivity contribution in [2.24, 2.45) is 5.73 Å². The van der Waals surface area contributed by atoms with Gasteiger partial charge in [-0.2, -0.15) is 0 Å². The maximum absolute atomic E-state index is 11.7. The molecule has 0 bridgehead atoms. The van der Waals surface area contributed by atoms with Gasteiger partial charge in [0, 0.05) is 25.3 Å². The smallest absolute Gasteiger partial charge is 0.257 e. The van der Waals surface area contributed by atoms with Gasteiger partial charge in [0.15, 0.2) is 6.61 Å². The average Bonchev–Trinajstić information content (AvgIpc) is 2.54. The Bertz CT molecular complexity index is 445. The summed E-state index contributed by atoms with van der Waals surface area (Å²) in [6.45, 7) is 1.89. The maximum atomic E-state index is 11.7. The third-order valence-corrected chi connectivity index (χ3v) is 3.61. The Morgan fingerprint density at radius 3 is 3.00 bits per heavy atom. The molecule has 1 aromatic rings. The number of hydrogen-bond donors (Lipinski definition) is 2. The average molecular weight is 292 g/mol. The van der Waals surface area contributed by atoms with Gasteiger partial charge >= 0.3 is 0 Å². The Morgan fingerprint density at radius 1 is 1.38 bits per heavy atom. The number of hydrogen-bond acceptors (Lipinski definition) is 4. The summed E-state index contributed by atoms with van der Waals surface area (Å²) >= 11 is 0. The van der Waals surface area contributed by atoms with E-state index in [2.05, 4.69) is 5.32 Å². The molecule has 0 spiro atoms. The molecule has 3 N–H and O–H groups in total. The van der Waals surface area contributed by atoms with Crippen LogP contribution in [-0.4, -0.2) is 31.8 Å². The number of rotatable bonds is 7. The topological polar surface area (TPSA) is 73.6 Å². The Kier molecular flexibility index (Phi) is 6.50. The lowest BCUT2D eigenvalue weighted by Gasteiger charge is -2.22. The zero-order valence-corrected chi connectivity index (χ0v) is 12.3. The van der Waals surface area contributed by atoms with Crippen LogP contribution in [0.4, 0.5) is 0 Å². The van der Waals surface area contributed by atoms with E-state index in [4.69, 9.17) is 15.2 Å². The van der Waals surface area contributed by atoms with E-state index in [0.29, 0.717) is 18.8 Å². The molecule has 1 atom stereocenters. The number of amides is 1. The number of carbonyl (C=O) groups excluding carboxylic acids is 1. The van der Waals surface area contributed by atoms with Crippen LogP contribution < -0.4 is 15.8 Å². The fraction of sp³-hybridized carbons (Fsp3) is 0.562. The molecular formula is C16H24N2O3. The lowest BCUT2D eigenvalue weighted by Crippen LogP contribution is -2.32. The quantitative estimate of drug-likeness (QED) is 0.800. The summed E-state index contributed by atoms with van der Waals surface area (Å²) < 4.78 is 11.1. The molecule has 1 saturated heterocycles. The molecule has 5 heteroatoms. The molecule has 2 rings (SSSR count). The van der Waals surface area contributed by atoms with Gasteiger partial charge in [-0.3, -0.25) is 4.79 Å². The molecule has 0 radical (unpaired) electrons. The van der Waals surface area contributed by atoms with E-state index in [9.17, 15) is 4.79 Å². The van der Waals surface area contributed by atoms with Crippen LogP contribution in [0.15, 0.2) is 24.3 Å². The van der Waals surface area contributed by atoms with Gasteiger partial charge in [0.25, 0.3) is 5.91 Å². The van der Waals surface area contributed by atoms with E-state index in [0.717, 1.165) is 31.4 Å². The van der Waals surface area contributed by atoms with Crippen LogP contribution >= 0.6 is 0 Å². The molecule has 5 nitrogen and oxygen atoms in total. The number of carbonyl (C=O) groups is 1. The highest BCUT2D eigenvalue weighted by Crippen LogP contribution is 2.17. The molecule has 0 aliphatic carbocycles. The molecule has 0 saturated carbocycles. The molecule has 116 valence electrons. The number of nitrogens with two attached hydrogens (primary N) is 1. The predicted molar refractivity (Wildman–Crippen MR) is 81.0 cm³/mol. The standard InChI is InChI=1S/C16H24N2O3/c17-11-13-5-1-2-7-15(13)21-12-16(19)18-9-8-14-6-3-4-10-20-14/h1-2,5,7,14H,3-4,6,8-12,17H2,(H,18,19). The second-order valence-electron chi connectivity index (χ2n) is 5.23. The first-order chi connectivity index (χ1) is 10.3. The van der Waals surface area contributed by atoms with Crippen LogP contribution in [0.25, 0.3) is 0 Å². The highest BCUT2D eigenvalue weighted by molar-refractivity contribution is 5.77. The first kappa shape index (κ1) is 15.8. The molecular weight excluding hydrogens is 268 g/mol. The van der Waals surface area contributed by atoms with Gasteiger partial charge in [0.2, 0.25) is 0 Å². The fourth-order valence-corrected chi connectivity index (χ4v) is 2.42. The second kappa shape index (κ2) is 8.64. The highest BCUT2D eigenvalue weighted by atomic mass is 16.5. The monoisotopic (exact) mass is 292 g/mol. The first-order valence-corrected chi connectivity index (χ1v) is 7.58. The predicted octanol–water partition coefficient (Wildman–Crippen LogP) is 1.60. The van der Waals surface area contributed by atoms with Gasteiger partial charge in [0.1, 0.15) is 5.75 Å². The van der Waals surface area contributed by atoms with Crippen LogP contribution in [0, 0.1) is 0 Å². The van der Waals surface area contributed by atoms with Gasteiger partial charge in [-0.1, -0.05) is 18.2 Å². The van der Waals surface area contributed by atoms with Crippen LogP contribution in [0.2, 0.25) is 0 Å². The summed E-state index contributed by atoms with van der Waals surface area (Å²) in [5, 5.41) is 2.86. The highest BCUT2D eigenvalue weighted by Gasteiger charge is 2.13. The minimum atomic E-state index is -0.113. The van der Waals surface area contributed by atoms with Crippen molar-refractivity contribution >= 4 is 5.91 Å². The third-order valence-electron chi connectivity index (χ3n) is 3.61. The van der Waals surface area contributed by atoms with E-state index in [1.54, 1.807) is 0 Å². The molecule has 1 aromatic carbocycles. The largest absolute Gasteiger partial charge is 0.483 e. The maximum Gasteiger partial charge on any atom is 0.257 e. The third kappa shape index (κ3) is 5.36. The normalized spacial score (nSPS) is 18.2. The van der Waals surface area contributed by atoms with Crippen molar-refractivity contribution in [3.05, 3.63) is 29.8 Å². The van der Waals surface area contributed by atoms with Crippen molar-refractivity contribution in [1.82, 2.24) is 5.32 Å². The fourth-order valence-electron chi connectivity index (χ4n) is 2.42. The van der Waals surface area contributed by atoms with E-state index in [1.165, 1.54) is 6.42 Å². The molecule has 0 aromatic heterocycles. The minimum Gasteiger partial charge on any atom is -0.483 e. The van der Waals surface area contributed by atoms with Gasteiger partial charge in [-0.25, -0.2) is 0 Å². The summed E-state index contributed by atoms with van der Waals surface area (Å²) in [5.74, 6) is 0.559. The minimum absolute atomic E-state index is 0.0164. The summed E-state index contributed by atoms with van der Waals surface area (Å²) in [7, 11) is 0. The van der Waals surface area contributed by atoms with E-state index < -0.39 is 0 Å². The summed E-state index contributed by atoms with van der Waals surface area (Å²) in [6.07, 6.45) is 4.62. The molecule has 1 fully saturated rings. The second-order valence-corrected chi connectivity index (χ2v) is 5.23. The van der Waals surface area contributed by atoms with Crippen LogP contribution in [0.5, 0.6) is 5.75 Å². The summed E-state index contributed by atoms with van der Waals surface area (Å²) in [6, 6.07) is 7.49. The van der Waals surface area contributed by atoms with Gasteiger partial charge in [-0.15, -0.1) is 0 Å². The molecule has 1 aliphatic rings. The van der Waals surface area contributed by atoms with Crippen LogP contribution in [0.3, 0.4) is 0 Å². The van der Waals surface area contributed by atoms with E-state index in [-0.39, 0.29) is 18.6 Å². The summed E-state index contributed by atoms with van der Waals surface area (Å²) in [5.41, 5.74) is 6.53. The SMILES string of the molecule is NCc1ccccc1OCC(=O)NCCC1CCCCO1. The number of benzene rings is 1. The number of nitrogens with one attached hydrogen (secondary N) is 1. The van der Waals surface area contributed by atoms with Gasteiger partial charge in [0.05, 0.1) is 6.10 Å².